The van der Waals surface area contributed by atoms with Gasteiger partial charge in [0, 0.05) is 5.92 Å². The van der Waals surface area contributed by atoms with E-state index in [1.165, 1.54) is 24.3 Å². The first kappa shape index (κ1) is 23.9. The Morgan fingerprint density at radius 2 is 1.91 bits per heavy atom. The Kier molecular flexibility index (Phi) is 6.71. The number of aliphatic imine (C=N–C) groups is 1. The zero-order chi connectivity index (χ0) is 23.0. The van der Waals surface area contributed by atoms with Crippen LogP contribution in [0.5, 0.6) is 5.75 Å². The normalized spacial score (nSPS) is 16.6. The van der Waals surface area contributed by atoms with Crippen molar-refractivity contribution in [3.05, 3.63) is 47.6 Å². The van der Waals surface area contributed by atoms with Crippen molar-refractivity contribution in [1.29, 1.82) is 0 Å². The second kappa shape index (κ2) is 9.55. The van der Waals surface area contributed by atoms with Crippen molar-refractivity contribution in [1.82, 2.24) is 25.2 Å². The van der Waals surface area contributed by atoms with E-state index in [0.717, 1.165) is 25.9 Å². The third-order valence-corrected chi connectivity index (χ3v) is 5.57. The van der Waals surface area contributed by atoms with Crippen LogP contribution in [0.3, 0.4) is 0 Å². The van der Waals surface area contributed by atoms with Gasteiger partial charge in [0.2, 0.25) is 11.7 Å². The first-order chi connectivity index (χ1) is 15.9. The summed E-state index contributed by atoms with van der Waals surface area (Å²) in [5.74, 6) is 0.833. The monoisotopic (exact) mass is 496 g/mol. The molecule has 9 nitrogen and oxygen atoms in total. The average Bonchev–Trinajstić information content (AvgIpc) is 3.41. The molecule has 0 spiro atoms. The van der Waals surface area contributed by atoms with Crippen LogP contribution in [0.25, 0.3) is 11.4 Å². The third-order valence-electron chi connectivity index (χ3n) is 5.57. The maximum atomic E-state index is 12.3. The van der Waals surface area contributed by atoms with E-state index in [2.05, 4.69) is 30.3 Å². The summed E-state index contributed by atoms with van der Waals surface area (Å²) in [5.41, 5.74) is 1.94. The van der Waals surface area contributed by atoms with Crippen LogP contribution in [0.1, 0.15) is 30.0 Å². The van der Waals surface area contributed by atoms with Crippen molar-refractivity contribution < 1.29 is 27.2 Å². The number of halogens is 4. The van der Waals surface area contributed by atoms with Crippen LogP contribution in [0, 0.1) is 5.92 Å². The van der Waals surface area contributed by atoms with Crippen molar-refractivity contribution in [3.8, 4) is 17.1 Å². The van der Waals surface area contributed by atoms with Crippen LogP contribution in [0.4, 0.5) is 13.2 Å². The number of hydrogen-bond acceptors (Lipinski definition) is 7. The van der Waals surface area contributed by atoms with E-state index >= 15 is 0 Å². The topological polar surface area (TPSA) is 107 Å². The standard InChI is InChI=1S/C21H19F3N6O3.ClH/c22-21(23,24)32-14-3-1-12(2-4-14)9-18-28-19(29-33-18)15-11-26-30-16(15)10-17(31)27-20(30)13-5-7-25-8-6-13;/h1-4,11,13,25H,5-10H2;1H. The van der Waals surface area contributed by atoms with E-state index in [1.54, 1.807) is 10.9 Å². The number of nitrogens with zero attached hydrogens (tertiary/aromatic N) is 5. The van der Waals surface area contributed by atoms with Gasteiger partial charge in [0.05, 0.1) is 30.3 Å². The number of benzene rings is 1. The van der Waals surface area contributed by atoms with Crippen LogP contribution in [0.2, 0.25) is 0 Å². The van der Waals surface area contributed by atoms with Crippen LogP contribution >= 0.6 is 12.4 Å². The number of alkyl halides is 3. The quantitative estimate of drug-likeness (QED) is 0.578. The number of hydrogen-bond donors (Lipinski definition) is 1. The lowest BCUT2D eigenvalue weighted by Gasteiger charge is -2.26. The zero-order valence-electron chi connectivity index (χ0n) is 17.7. The highest BCUT2D eigenvalue weighted by molar-refractivity contribution is 6.01. The molecule has 13 heteroatoms. The number of carbonyl (C=O) groups is 1. The van der Waals surface area contributed by atoms with Crippen LogP contribution < -0.4 is 10.1 Å². The molecule has 1 fully saturated rings. The Morgan fingerprint density at radius 1 is 1.18 bits per heavy atom. The summed E-state index contributed by atoms with van der Waals surface area (Å²) in [7, 11) is 0. The molecule has 5 rings (SSSR count). The Bertz CT molecular complexity index is 1200. The Morgan fingerprint density at radius 3 is 2.62 bits per heavy atom. The first-order valence-corrected chi connectivity index (χ1v) is 10.4. The number of rotatable bonds is 5. The molecule has 1 aromatic carbocycles. The van der Waals surface area contributed by atoms with Gasteiger partial charge in [-0.2, -0.15) is 15.1 Å². The number of piperidine rings is 1. The molecule has 180 valence electrons. The molecule has 2 aromatic heterocycles. The lowest BCUT2D eigenvalue weighted by atomic mass is 9.95. The van der Waals surface area contributed by atoms with Crippen molar-refractivity contribution in [2.24, 2.45) is 10.9 Å². The molecule has 0 saturated carbocycles. The number of carbonyl (C=O) groups excluding carboxylic acids is 1. The number of aromatic nitrogens is 4. The van der Waals surface area contributed by atoms with E-state index in [0.29, 0.717) is 28.5 Å². The van der Waals surface area contributed by atoms with Crippen LogP contribution in [-0.4, -0.2) is 51.1 Å². The molecular weight excluding hydrogens is 477 g/mol. The van der Waals surface area contributed by atoms with Crippen LogP contribution in [0.15, 0.2) is 40.0 Å². The summed E-state index contributed by atoms with van der Waals surface area (Å²) in [6.07, 6.45) is -1.08. The molecule has 0 radical (unpaired) electrons. The summed E-state index contributed by atoms with van der Waals surface area (Å²) in [6, 6.07) is 5.43. The molecule has 2 aliphatic heterocycles. The predicted octanol–water partition coefficient (Wildman–Crippen LogP) is 3.17. The largest absolute Gasteiger partial charge is 0.573 e. The lowest BCUT2D eigenvalue weighted by molar-refractivity contribution is -0.274. The number of nitrogens with one attached hydrogen (secondary N) is 1. The van der Waals surface area contributed by atoms with Gasteiger partial charge in [-0.3, -0.25) is 4.79 Å². The average molecular weight is 497 g/mol. The van der Waals surface area contributed by atoms with Gasteiger partial charge in [0.1, 0.15) is 11.6 Å². The molecule has 2 aliphatic rings. The SMILES string of the molecule is Cl.O=C1Cc2c(-c3noc(Cc4ccc(OC(F)(F)F)cc4)n3)cnn2C(C2CCNCC2)=N1. The highest BCUT2D eigenvalue weighted by atomic mass is 35.5. The molecular formula is C21H20ClF3N6O3. The minimum Gasteiger partial charge on any atom is -0.406 e. The maximum Gasteiger partial charge on any atom is 0.573 e. The highest BCUT2D eigenvalue weighted by Crippen LogP contribution is 2.28. The predicted molar refractivity (Wildman–Crippen MR) is 116 cm³/mol. The van der Waals surface area contributed by atoms with E-state index in [9.17, 15) is 18.0 Å². The molecule has 34 heavy (non-hydrogen) atoms. The van der Waals surface area contributed by atoms with E-state index in [4.69, 9.17) is 4.52 Å². The molecule has 3 aromatic rings. The molecule has 0 aliphatic carbocycles. The van der Waals surface area contributed by atoms with Gasteiger partial charge >= 0.3 is 6.36 Å². The third kappa shape index (κ3) is 5.12. The zero-order valence-corrected chi connectivity index (χ0v) is 18.5. The molecule has 0 atom stereocenters. The van der Waals surface area contributed by atoms with E-state index < -0.39 is 6.36 Å². The second-order valence-electron chi connectivity index (χ2n) is 7.86. The van der Waals surface area contributed by atoms with Gasteiger partial charge in [-0.1, -0.05) is 17.3 Å². The minimum absolute atomic E-state index is 0. The lowest BCUT2D eigenvalue weighted by Crippen LogP contribution is -2.38. The molecule has 1 saturated heterocycles. The number of amides is 1. The second-order valence-corrected chi connectivity index (χ2v) is 7.86. The number of ether oxygens (including phenoxy) is 1. The smallest absolute Gasteiger partial charge is 0.406 e. The fraction of sp³-hybridized carbons (Fsp3) is 0.381. The van der Waals surface area contributed by atoms with Gasteiger partial charge in [0.25, 0.3) is 5.91 Å². The maximum absolute atomic E-state index is 12.3. The van der Waals surface area contributed by atoms with Crippen molar-refractivity contribution >= 4 is 24.1 Å². The Hall–Kier alpha value is -3.25. The highest BCUT2D eigenvalue weighted by Gasteiger charge is 2.32. The van der Waals surface area contributed by atoms with Gasteiger partial charge in [-0.15, -0.1) is 25.6 Å². The van der Waals surface area contributed by atoms with Gasteiger partial charge < -0.3 is 14.6 Å². The van der Waals surface area contributed by atoms with Crippen molar-refractivity contribution in [2.75, 3.05) is 13.1 Å². The molecule has 1 amide bonds. The Balaban J connectivity index is 0.00000274. The first-order valence-electron chi connectivity index (χ1n) is 10.4. The molecule has 0 bridgehead atoms. The summed E-state index contributed by atoms with van der Waals surface area (Å²) in [5, 5.41) is 11.8. The molecule has 4 heterocycles. The van der Waals surface area contributed by atoms with Gasteiger partial charge in [0.15, 0.2) is 0 Å². The molecule has 1 N–H and O–H groups in total. The Labute approximate surface area is 197 Å². The summed E-state index contributed by atoms with van der Waals surface area (Å²) in [6.45, 7) is 1.72. The summed E-state index contributed by atoms with van der Waals surface area (Å²) < 4.78 is 47.8. The van der Waals surface area contributed by atoms with E-state index in [-0.39, 0.29) is 48.7 Å². The fourth-order valence-electron chi connectivity index (χ4n) is 4.05. The van der Waals surface area contributed by atoms with E-state index in [1.807, 2.05) is 0 Å². The van der Waals surface area contributed by atoms with Gasteiger partial charge in [-0.05, 0) is 43.6 Å². The minimum atomic E-state index is -4.74. The number of fused-ring (bicyclic) bond motifs is 1. The van der Waals surface area contributed by atoms with Crippen LogP contribution in [-0.2, 0) is 17.6 Å². The summed E-state index contributed by atoms with van der Waals surface area (Å²) in [4.78, 5) is 21.0. The van der Waals surface area contributed by atoms with Gasteiger partial charge in [-0.25, -0.2) is 4.68 Å². The molecule has 0 unspecified atom stereocenters. The summed E-state index contributed by atoms with van der Waals surface area (Å²) >= 11 is 0. The fourth-order valence-corrected chi connectivity index (χ4v) is 4.05. The van der Waals surface area contributed by atoms with Crippen molar-refractivity contribution in [3.63, 3.8) is 0 Å². The van der Waals surface area contributed by atoms with Crippen molar-refractivity contribution in [2.45, 2.75) is 32.0 Å².